The van der Waals surface area contributed by atoms with Crippen LogP contribution in [-0.4, -0.2) is 5.92 Å². The Bertz CT molecular complexity index is 2340. The summed E-state index contributed by atoms with van der Waals surface area (Å²) in [6.45, 7) is 19.1. The van der Waals surface area contributed by atoms with Gasteiger partial charge in [0.1, 0.15) is 0 Å². The molecular formula is C48H49Cl2F12SiZr. The number of hydrogen-bond acceptors (Lipinski definition) is 0. The molecule has 0 radical (unpaired) electrons. The van der Waals surface area contributed by atoms with Crippen LogP contribution in [0.1, 0.15) is 118 Å². The zero-order chi connectivity index (χ0) is 48.3. The van der Waals surface area contributed by atoms with Gasteiger partial charge in [-0.25, -0.2) is 0 Å². The second kappa shape index (κ2) is 16.2. The van der Waals surface area contributed by atoms with Crippen LogP contribution in [0, 0.1) is 10.8 Å². The summed E-state index contributed by atoms with van der Waals surface area (Å²) in [7, 11) is 17.3. The summed E-state index contributed by atoms with van der Waals surface area (Å²) < 4.78 is 170. The van der Waals surface area contributed by atoms with Crippen molar-refractivity contribution in [2.24, 2.45) is 10.8 Å². The fraction of sp³-hybridized carbons (Fsp3) is 0.417. The Morgan fingerprint density at radius 2 is 0.766 bits per heavy atom. The summed E-state index contributed by atoms with van der Waals surface area (Å²) in [6, 6.07) is 10.1. The molecule has 6 rings (SSSR count). The van der Waals surface area contributed by atoms with Crippen LogP contribution in [0.5, 0.6) is 0 Å². The number of aryl methyl sites for hydroxylation is 2. The van der Waals surface area contributed by atoms with Gasteiger partial charge in [-0.15, -0.1) is 0 Å². The zero-order valence-electron chi connectivity index (χ0n) is 36.9. The van der Waals surface area contributed by atoms with E-state index in [0.717, 1.165) is 35.4 Å². The molecule has 0 heterocycles. The van der Waals surface area contributed by atoms with Gasteiger partial charge in [-0.3, -0.25) is 0 Å². The first-order chi connectivity index (χ1) is 29.0. The number of hydrogen-bond donors (Lipinski definition) is 0. The van der Waals surface area contributed by atoms with Gasteiger partial charge >= 0.3 is 377 Å². The van der Waals surface area contributed by atoms with Crippen molar-refractivity contribution in [3.05, 3.63) is 127 Å². The summed E-state index contributed by atoms with van der Waals surface area (Å²) in [5.74, 6) is -2.44. The van der Waals surface area contributed by atoms with Crippen molar-refractivity contribution in [2.75, 3.05) is 0 Å². The average molecular weight is 1040 g/mol. The molecule has 2 unspecified atom stereocenters. The molecule has 0 spiro atoms. The van der Waals surface area contributed by atoms with Crippen molar-refractivity contribution >= 4 is 35.1 Å². The Kier molecular flexibility index (Phi) is 12.8. The van der Waals surface area contributed by atoms with Gasteiger partial charge < -0.3 is 0 Å². The number of fused-ring (bicyclic) bond motifs is 2. The van der Waals surface area contributed by atoms with Crippen LogP contribution in [-0.2, 0) is 53.1 Å². The monoisotopic (exact) mass is 1040 g/mol. The topological polar surface area (TPSA) is 0 Å². The molecule has 0 saturated carbocycles. The van der Waals surface area contributed by atoms with E-state index in [-0.39, 0.29) is 47.2 Å². The summed E-state index contributed by atoms with van der Waals surface area (Å²) in [5, 5.41) is 0. The molecule has 347 valence electrons. The summed E-state index contributed by atoms with van der Waals surface area (Å²) >= 11 is -5.96. The molecule has 4 aromatic carbocycles. The van der Waals surface area contributed by atoms with Gasteiger partial charge in [0.05, 0.1) is 0 Å². The fourth-order valence-corrected chi connectivity index (χ4v) is 41.2. The van der Waals surface area contributed by atoms with Crippen LogP contribution in [0.25, 0.3) is 34.4 Å². The molecule has 2 aliphatic carbocycles. The summed E-state index contributed by atoms with van der Waals surface area (Å²) in [4.78, 5) is 0. The normalized spacial score (nSPS) is 18.2. The zero-order valence-corrected chi connectivity index (χ0v) is 42.0. The molecule has 4 aromatic rings. The molecule has 0 nitrogen and oxygen atoms in total. The maximum absolute atomic E-state index is 14.3. The molecule has 0 aliphatic heterocycles. The molecule has 0 fully saturated rings. The van der Waals surface area contributed by atoms with Gasteiger partial charge in [0.25, 0.3) is 0 Å². The van der Waals surface area contributed by atoms with E-state index in [1.165, 1.54) is 0 Å². The Hall–Kier alpha value is -2.80. The first-order valence-corrected chi connectivity index (χ1v) is 37.2. The number of halogens is 14. The molecule has 2 atom stereocenters. The van der Waals surface area contributed by atoms with Crippen molar-refractivity contribution < 1.29 is 68.2 Å². The summed E-state index contributed by atoms with van der Waals surface area (Å²) in [6.07, 6.45) is -16.3. The minimum atomic E-state index is -5.96. The molecule has 0 aromatic heterocycles. The number of allylic oxidation sites excluding steroid dienone is 2. The third-order valence-corrected chi connectivity index (χ3v) is 64.6. The van der Waals surface area contributed by atoms with E-state index in [2.05, 4.69) is 0 Å². The SMILES string of the molecule is CCc1ccc2c(c1-c1cc(C(F)(F)F)cc(C(F)(F)F)c1)C=C(C(C)(C)C)[CH]2[Zr]([Cl])([Cl])([CH]1C(C(C)(C)C)=Cc2c1ccc(CC)c2-c1cc(C(F)(F)F)cc(C(F)(F)F)c1)[SiH](C)C. The first kappa shape index (κ1) is 50.6. The molecular weight excluding hydrogens is 995 g/mol. The molecule has 0 saturated heterocycles. The molecule has 0 amide bonds. The van der Waals surface area contributed by atoms with Crippen molar-refractivity contribution in [3.63, 3.8) is 0 Å². The van der Waals surface area contributed by atoms with Crippen molar-refractivity contribution in [1.82, 2.24) is 0 Å². The van der Waals surface area contributed by atoms with Crippen LogP contribution in [0.3, 0.4) is 0 Å². The van der Waals surface area contributed by atoms with E-state index in [0.29, 0.717) is 33.4 Å². The van der Waals surface area contributed by atoms with E-state index < -0.39 is 86.5 Å². The third-order valence-electron chi connectivity index (χ3n) is 13.0. The third kappa shape index (κ3) is 8.77. The fourth-order valence-electron chi connectivity index (χ4n) is 9.78. The van der Waals surface area contributed by atoms with E-state index >= 15 is 0 Å². The molecule has 0 N–H and O–H groups in total. The van der Waals surface area contributed by atoms with E-state index in [1.807, 2.05) is 78.9 Å². The van der Waals surface area contributed by atoms with Gasteiger partial charge in [0, 0.05) is 0 Å². The second-order valence-electron chi connectivity index (χ2n) is 19.4. The van der Waals surface area contributed by atoms with Crippen LogP contribution in [0.4, 0.5) is 52.7 Å². The minimum absolute atomic E-state index is 0.0925. The average Bonchev–Trinajstić information content (AvgIpc) is 3.77. The Morgan fingerprint density at radius 1 is 0.484 bits per heavy atom. The number of rotatable bonds is 7. The van der Waals surface area contributed by atoms with Gasteiger partial charge in [-0.2, -0.15) is 0 Å². The van der Waals surface area contributed by atoms with Gasteiger partial charge in [0.15, 0.2) is 0 Å². The van der Waals surface area contributed by atoms with Gasteiger partial charge in [-0.05, 0) is 0 Å². The predicted molar refractivity (Wildman–Crippen MR) is 233 cm³/mol. The maximum atomic E-state index is 14.3. The van der Waals surface area contributed by atoms with Crippen LogP contribution >= 0.6 is 17.0 Å². The molecule has 2 aliphatic rings. The summed E-state index contributed by atoms with van der Waals surface area (Å²) in [5.41, 5.74) is -3.11. The van der Waals surface area contributed by atoms with Crippen LogP contribution in [0.2, 0.25) is 13.1 Å². The Balaban J connectivity index is 1.74. The van der Waals surface area contributed by atoms with E-state index in [9.17, 15) is 52.7 Å². The molecule has 0 bridgehead atoms. The first-order valence-electron chi connectivity index (χ1n) is 20.9. The van der Waals surface area contributed by atoms with Crippen LogP contribution in [0.15, 0.2) is 71.8 Å². The molecule has 16 heteroatoms. The van der Waals surface area contributed by atoms with Gasteiger partial charge in [0.2, 0.25) is 0 Å². The number of benzene rings is 4. The van der Waals surface area contributed by atoms with E-state index in [1.54, 1.807) is 26.0 Å². The van der Waals surface area contributed by atoms with Crippen molar-refractivity contribution in [1.29, 1.82) is 0 Å². The Labute approximate surface area is 374 Å². The van der Waals surface area contributed by atoms with E-state index in [4.69, 9.17) is 17.0 Å². The van der Waals surface area contributed by atoms with Crippen LogP contribution < -0.4 is 0 Å². The predicted octanol–water partition coefficient (Wildman–Crippen LogP) is 17.9. The number of alkyl halides is 12. The van der Waals surface area contributed by atoms with Crippen molar-refractivity contribution in [2.45, 2.75) is 113 Å². The Morgan fingerprint density at radius 3 is 0.984 bits per heavy atom. The van der Waals surface area contributed by atoms with Gasteiger partial charge in [-0.1, -0.05) is 0 Å². The quantitative estimate of drug-likeness (QED) is 0.128. The second-order valence-corrected chi connectivity index (χ2v) is 62.0. The van der Waals surface area contributed by atoms with Crippen molar-refractivity contribution in [3.8, 4) is 22.3 Å². The standard InChI is InChI=1S/2C23H21F6.C2H7Si.2ClH.Zr/c2*1-5-13-6-7-14-8-16(21(2,3)4)12-19(14)20(13)15-9-17(22(24,25)26)11-18(10-15)23(27,28)29;1-3-2;;;/h2*6-12H,5H2,1-4H3;3H,1-2H3;2*1H;/q;;;;;+2/p-2. The molecule has 64 heavy (non-hydrogen) atoms.